The summed E-state index contributed by atoms with van der Waals surface area (Å²) in [7, 11) is 0. The average Bonchev–Trinajstić information content (AvgIpc) is 2.69. The Kier molecular flexibility index (Phi) is 3.24. The van der Waals surface area contributed by atoms with Gasteiger partial charge in [0.05, 0.1) is 11.3 Å². The van der Waals surface area contributed by atoms with Crippen LogP contribution in [0, 0.1) is 0 Å². The quantitative estimate of drug-likeness (QED) is 0.645. The zero-order valence-corrected chi connectivity index (χ0v) is 12.7. The van der Waals surface area contributed by atoms with Gasteiger partial charge in [-0.15, -0.1) is 0 Å². The van der Waals surface area contributed by atoms with E-state index < -0.39 is 0 Å². The van der Waals surface area contributed by atoms with E-state index in [4.69, 9.17) is 16.3 Å². The number of carbonyl (C=O) groups is 1. The van der Waals surface area contributed by atoms with Gasteiger partial charge in [-0.05, 0) is 42.5 Å². The van der Waals surface area contributed by atoms with Gasteiger partial charge in [0, 0.05) is 11.2 Å². The summed E-state index contributed by atoms with van der Waals surface area (Å²) >= 11 is 6.09. The van der Waals surface area contributed by atoms with Crippen LogP contribution < -0.4 is 9.64 Å². The zero-order valence-electron chi connectivity index (χ0n) is 11.9. The number of hydrogen-bond donors (Lipinski definition) is 0. The molecular formula is C18H11ClN2O2. The van der Waals surface area contributed by atoms with Crippen molar-refractivity contribution in [3.05, 3.63) is 77.4 Å². The summed E-state index contributed by atoms with van der Waals surface area (Å²) in [5, 5.41) is 0.547. The van der Waals surface area contributed by atoms with E-state index in [2.05, 4.69) is 4.98 Å². The molecule has 0 saturated heterocycles. The second-order valence-corrected chi connectivity index (χ2v) is 5.48. The Balaban J connectivity index is 1.98. The summed E-state index contributed by atoms with van der Waals surface area (Å²) in [6.07, 6.45) is 1.63. The van der Waals surface area contributed by atoms with Crippen LogP contribution in [0.3, 0.4) is 0 Å². The summed E-state index contributed by atoms with van der Waals surface area (Å²) in [5.74, 6) is 1.26. The largest absolute Gasteiger partial charge is 0.453 e. The fourth-order valence-electron chi connectivity index (χ4n) is 2.55. The van der Waals surface area contributed by atoms with Crippen LogP contribution in [0.25, 0.3) is 0 Å². The van der Waals surface area contributed by atoms with Crippen LogP contribution in [0.2, 0.25) is 5.02 Å². The Morgan fingerprint density at radius 3 is 2.65 bits per heavy atom. The van der Waals surface area contributed by atoms with Gasteiger partial charge in [0.25, 0.3) is 5.91 Å². The van der Waals surface area contributed by atoms with Crippen LogP contribution in [0.15, 0.2) is 66.9 Å². The van der Waals surface area contributed by atoms with Gasteiger partial charge in [-0.25, -0.2) is 4.98 Å². The summed E-state index contributed by atoms with van der Waals surface area (Å²) in [4.78, 5) is 18.9. The number of para-hydroxylation sites is 1. The van der Waals surface area contributed by atoms with E-state index in [1.807, 2.05) is 12.1 Å². The number of hydrogen-bond acceptors (Lipinski definition) is 3. The van der Waals surface area contributed by atoms with E-state index in [9.17, 15) is 4.79 Å². The first-order chi connectivity index (χ1) is 11.2. The van der Waals surface area contributed by atoms with E-state index in [-0.39, 0.29) is 5.91 Å². The Hall–Kier alpha value is -2.85. The maximum Gasteiger partial charge on any atom is 0.267 e. The number of rotatable bonds is 1. The number of benzene rings is 2. The summed E-state index contributed by atoms with van der Waals surface area (Å²) in [6.45, 7) is 0. The minimum absolute atomic E-state index is 0.208. The molecule has 3 aromatic rings. The Morgan fingerprint density at radius 2 is 1.78 bits per heavy atom. The highest BCUT2D eigenvalue weighted by Crippen LogP contribution is 2.41. The molecule has 2 aromatic carbocycles. The van der Waals surface area contributed by atoms with Gasteiger partial charge in [0.2, 0.25) is 0 Å². The van der Waals surface area contributed by atoms with Crippen LogP contribution >= 0.6 is 11.6 Å². The van der Waals surface area contributed by atoms with Crippen LogP contribution in [0.5, 0.6) is 11.5 Å². The molecule has 5 heteroatoms. The number of aromatic nitrogens is 1. The second-order valence-electron chi connectivity index (χ2n) is 5.04. The third-order valence-corrected chi connectivity index (χ3v) is 3.80. The topological polar surface area (TPSA) is 42.4 Å². The highest BCUT2D eigenvalue weighted by atomic mass is 35.5. The van der Waals surface area contributed by atoms with Crippen molar-refractivity contribution in [2.45, 2.75) is 0 Å². The number of amides is 1. The number of halogens is 1. The predicted octanol–water partition coefficient (Wildman–Crippen LogP) is 4.82. The number of nitrogens with zero attached hydrogens (tertiary/aromatic N) is 2. The van der Waals surface area contributed by atoms with Crippen molar-refractivity contribution in [1.29, 1.82) is 0 Å². The lowest BCUT2D eigenvalue weighted by Crippen LogP contribution is -2.25. The standard InChI is InChI=1S/C18H11ClN2O2/c19-12-5-3-6-13(11-12)21-17-16(9-4-10-20-17)23-15-8-2-1-7-14(15)18(21)22/h1-11H. The molecule has 4 rings (SSSR count). The number of fused-ring (bicyclic) bond motifs is 2. The second kappa shape index (κ2) is 5.41. The van der Waals surface area contributed by atoms with Crippen molar-refractivity contribution in [1.82, 2.24) is 4.98 Å². The van der Waals surface area contributed by atoms with E-state index in [0.717, 1.165) is 0 Å². The first-order valence-corrected chi connectivity index (χ1v) is 7.44. The molecule has 112 valence electrons. The molecule has 0 radical (unpaired) electrons. The van der Waals surface area contributed by atoms with Gasteiger partial charge in [-0.2, -0.15) is 0 Å². The van der Waals surface area contributed by atoms with E-state index in [0.29, 0.717) is 33.6 Å². The fraction of sp³-hybridized carbons (Fsp3) is 0. The maximum absolute atomic E-state index is 13.1. The molecule has 4 nitrogen and oxygen atoms in total. The van der Waals surface area contributed by atoms with Gasteiger partial charge in [0.1, 0.15) is 5.75 Å². The minimum atomic E-state index is -0.208. The number of anilines is 2. The Labute approximate surface area is 137 Å². The molecular weight excluding hydrogens is 312 g/mol. The van der Waals surface area contributed by atoms with Gasteiger partial charge in [-0.1, -0.05) is 29.8 Å². The molecule has 0 saturated carbocycles. The van der Waals surface area contributed by atoms with E-state index in [1.54, 1.807) is 54.7 Å². The Bertz CT molecular complexity index is 911. The maximum atomic E-state index is 13.1. The number of carbonyl (C=O) groups excluding carboxylic acids is 1. The van der Waals surface area contributed by atoms with Crippen molar-refractivity contribution >= 4 is 29.0 Å². The third-order valence-electron chi connectivity index (χ3n) is 3.57. The highest BCUT2D eigenvalue weighted by molar-refractivity contribution is 6.31. The molecule has 0 aliphatic carbocycles. The fourth-order valence-corrected chi connectivity index (χ4v) is 2.74. The summed E-state index contributed by atoms with van der Waals surface area (Å²) in [5.41, 5.74) is 1.12. The highest BCUT2D eigenvalue weighted by Gasteiger charge is 2.30. The van der Waals surface area contributed by atoms with Crippen molar-refractivity contribution in [2.24, 2.45) is 0 Å². The van der Waals surface area contributed by atoms with Gasteiger partial charge >= 0.3 is 0 Å². The predicted molar refractivity (Wildman–Crippen MR) is 88.7 cm³/mol. The van der Waals surface area contributed by atoms with Crippen LogP contribution in [-0.2, 0) is 0 Å². The van der Waals surface area contributed by atoms with Gasteiger partial charge in [-0.3, -0.25) is 9.69 Å². The molecule has 0 spiro atoms. The van der Waals surface area contributed by atoms with Crippen LogP contribution in [0.1, 0.15) is 10.4 Å². The molecule has 1 aliphatic heterocycles. The monoisotopic (exact) mass is 322 g/mol. The third kappa shape index (κ3) is 2.33. The van der Waals surface area contributed by atoms with Gasteiger partial charge in [0.15, 0.2) is 11.6 Å². The molecule has 0 bridgehead atoms. The minimum Gasteiger partial charge on any atom is -0.453 e. The summed E-state index contributed by atoms with van der Waals surface area (Å²) < 4.78 is 5.90. The molecule has 1 aromatic heterocycles. The molecule has 0 fully saturated rings. The molecule has 0 unspecified atom stereocenters. The molecule has 1 aliphatic rings. The van der Waals surface area contributed by atoms with Crippen molar-refractivity contribution in [3.63, 3.8) is 0 Å². The molecule has 1 amide bonds. The Morgan fingerprint density at radius 1 is 0.957 bits per heavy atom. The average molecular weight is 323 g/mol. The normalized spacial score (nSPS) is 12.9. The molecule has 2 heterocycles. The first kappa shape index (κ1) is 13.8. The zero-order chi connectivity index (χ0) is 15.8. The number of ether oxygens (including phenoxy) is 1. The molecule has 23 heavy (non-hydrogen) atoms. The lowest BCUT2D eigenvalue weighted by atomic mass is 10.1. The lowest BCUT2D eigenvalue weighted by Gasteiger charge is -2.21. The first-order valence-electron chi connectivity index (χ1n) is 7.06. The smallest absolute Gasteiger partial charge is 0.267 e. The van der Waals surface area contributed by atoms with Crippen LogP contribution in [-0.4, -0.2) is 10.9 Å². The van der Waals surface area contributed by atoms with Gasteiger partial charge < -0.3 is 4.74 Å². The summed E-state index contributed by atoms with van der Waals surface area (Å²) in [6, 6.07) is 17.8. The van der Waals surface area contributed by atoms with E-state index in [1.165, 1.54) is 4.90 Å². The van der Waals surface area contributed by atoms with E-state index >= 15 is 0 Å². The van der Waals surface area contributed by atoms with Crippen LogP contribution in [0.4, 0.5) is 11.5 Å². The van der Waals surface area contributed by atoms with Crippen molar-refractivity contribution in [3.8, 4) is 11.5 Å². The van der Waals surface area contributed by atoms with Crippen molar-refractivity contribution < 1.29 is 9.53 Å². The van der Waals surface area contributed by atoms with Crippen molar-refractivity contribution in [2.75, 3.05) is 4.90 Å². The molecule has 0 N–H and O–H groups in total. The SMILES string of the molecule is O=C1c2ccccc2Oc2cccnc2N1c1cccc(Cl)c1. The lowest BCUT2D eigenvalue weighted by molar-refractivity contribution is 0.0999. The number of pyridine rings is 1. The molecule has 0 atom stereocenters.